The number of nitrogens with zero attached hydrogens (tertiary/aromatic N) is 1. The van der Waals surface area contributed by atoms with Crippen LogP contribution in [0.3, 0.4) is 0 Å². The standard InChI is InChI=1S/C19H27N3O3/c1-14(2)25-12-4-11-20-18(23)13-22-19(24)10-9-17(21-22)16-7-5-15(3)6-8-16/h5-9,14,21H,4,10-13H2,1-3H3,(H,20,23). The fraction of sp³-hybridized carbons (Fsp3) is 0.474. The number of ether oxygens (including phenoxy) is 1. The summed E-state index contributed by atoms with van der Waals surface area (Å²) in [5.74, 6) is -0.301. The Morgan fingerprint density at radius 1 is 1.32 bits per heavy atom. The smallest absolute Gasteiger partial charge is 0.245 e. The molecule has 25 heavy (non-hydrogen) atoms. The van der Waals surface area contributed by atoms with Crippen LogP contribution >= 0.6 is 0 Å². The number of amides is 2. The molecule has 0 aliphatic carbocycles. The number of nitrogens with one attached hydrogen (secondary N) is 2. The Morgan fingerprint density at radius 3 is 2.72 bits per heavy atom. The highest BCUT2D eigenvalue weighted by molar-refractivity contribution is 5.88. The molecule has 136 valence electrons. The maximum Gasteiger partial charge on any atom is 0.245 e. The van der Waals surface area contributed by atoms with Crippen molar-refractivity contribution in [1.29, 1.82) is 0 Å². The van der Waals surface area contributed by atoms with Gasteiger partial charge in [0.2, 0.25) is 11.8 Å². The number of rotatable bonds is 8. The van der Waals surface area contributed by atoms with Gasteiger partial charge in [0.25, 0.3) is 0 Å². The molecule has 0 radical (unpaired) electrons. The molecule has 0 fully saturated rings. The summed E-state index contributed by atoms with van der Waals surface area (Å²) >= 11 is 0. The van der Waals surface area contributed by atoms with E-state index in [9.17, 15) is 9.59 Å². The lowest BCUT2D eigenvalue weighted by atomic mass is 10.1. The summed E-state index contributed by atoms with van der Waals surface area (Å²) in [6.45, 7) is 7.12. The Kier molecular flexibility index (Phi) is 7.01. The Bertz CT molecular complexity index is 623. The molecule has 0 atom stereocenters. The summed E-state index contributed by atoms with van der Waals surface area (Å²) in [6.07, 6.45) is 3.08. The van der Waals surface area contributed by atoms with Gasteiger partial charge in [0.1, 0.15) is 6.54 Å². The maximum absolute atomic E-state index is 12.0. The first-order valence-corrected chi connectivity index (χ1v) is 8.68. The quantitative estimate of drug-likeness (QED) is 0.707. The lowest BCUT2D eigenvalue weighted by Gasteiger charge is -2.28. The van der Waals surface area contributed by atoms with Crippen molar-refractivity contribution in [2.45, 2.75) is 39.7 Å². The van der Waals surface area contributed by atoms with Crippen LogP contribution in [-0.4, -0.2) is 42.6 Å². The van der Waals surface area contributed by atoms with Gasteiger partial charge in [-0.2, -0.15) is 0 Å². The van der Waals surface area contributed by atoms with Crippen LogP contribution < -0.4 is 10.7 Å². The van der Waals surface area contributed by atoms with Crippen molar-refractivity contribution in [3.05, 3.63) is 41.5 Å². The monoisotopic (exact) mass is 345 g/mol. The van der Waals surface area contributed by atoms with E-state index < -0.39 is 0 Å². The molecule has 1 aromatic carbocycles. The number of hydrazine groups is 1. The van der Waals surface area contributed by atoms with E-state index in [-0.39, 0.29) is 30.9 Å². The van der Waals surface area contributed by atoms with E-state index in [0.717, 1.165) is 17.7 Å². The molecule has 1 aliphatic rings. The van der Waals surface area contributed by atoms with Gasteiger partial charge in [0.15, 0.2) is 0 Å². The van der Waals surface area contributed by atoms with Gasteiger partial charge in [0.05, 0.1) is 11.8 Å². The van der Waals surface area contributed by atoms with E-state index in [2.05, 4.69) is 10.7 Å². The van der Waals surface area contributed by atoms with Gasteiger partial charge in [-0.1, -0.05) is 29.8 Å². The maximum atomic E-state index is 12.0. The highest BCUT2D eigenvalue weighted by Gasteiger charge is 2.21. The lowest BCUT2D eigenvalue weighted by Crippen LogP contribution is -2.49. The minimum Gasteiger partial charge on any atom is -0.379 e. The Hall–Kier alpha value is -2.34. The Morgan fingerprint density at radius 2 is 2.04 bits per heavy atom. The summed E-state index contributed by atoms with van der Waals surface area (Å²) in [6, 6.07) is 8.03. The zero-order chi connectivity index (χ0) is 18.2. The van der Waals surface area contributed by atoms with Gasteiger partial charge in [-0.3, -0.25) is 15.0 Å². The van der Waals surface area contributed by atoms with Gasteiger partial charge >= 0.3 is 0 Å². The lowest BCUT2D eigenvalue weighted by molar-refractivity contribution is -0.137. The Balaban J connectivity index is 1.81. The molecule has 6 nitrogen and oxygen atoms in total. The van der Waals surface area contributed by atoms with Crippen LogP contribution in [0.5, 0.6) is 0 Å². The van der Waals surface area contributed by atoms with E-state index in [4.69, 9.17) is 4.74 Å². The fourth-order valence-corrected chi connectivity index (χ4v) is 2.41. The zero-order valence-corrected chi connectivity index (χ0v) is 15.2. The van der Waals surface area contributed by atoms with Gasteiger partial charge in [-0.15, -0.1) is 0 Å². The van der Waals surface area contributed by atoms with Crippen molar-refractivity contribution in [2.24, 2.45) is 0 Å². The molecule has 0 bridgehead atoms. The third-order valence-corrected chi connectivity index (χ3v) is 3.80. The topological polar surface area (TPSA) is 70.7 Å². The molecule has 2 N–H and O–H groups in total. The van der Waals surface area contributed by atoms with Crippen LogP contribution in [0.25, 0.3) is 5.70 Å². The third-order valence-electron chi connectivity index (χ3n) is 3.80. The average Bonchev–Trinajstić information content (AvgIpc) is 2.57. The van der Waals surface area contributed by atoms with Gasteiger partial charge < -0.3 is 10.1 Å². The van der Waals surface area contributed by atoms with Crippen molar-refractivity contribution in [2.75, 3.05) is 19.7 Å². The summed E-state index contributed by atoms with van der Waals surface area (Å²) in [5.41, 5.74) is 6.06. The first-order chi connectivity index (χ1) is 12.0. The van der Waals surface area contributed by atoms with Gasteiger partial charge in [-0.05, 0) is 38.8 Å². The molecule has 2 amide bonds. The molecule has 1 heterocycles. The van der Waals surface area contributed by atoms with E-state index in [1.165, 1.54) is 10.6 Å². The zero-order valence-electron chi connectivity index (χ0n) is 15.2. The molecule has 2 rings (SSSR count). The Labute approximate surface area is 149 Å². The van der Waals surface area contributed by atoms with Crippen molar-refractivity contribution in [3.8, 4) is 0 Å². The second-order valence-electron chi connectivity index (χ2n) is 6.40. The summed E-state index contributed by atoms with van der Waals surface area (Å²) in [4.78, 5) is 24.1. The van der Waals surface area contributed by atoms with E-state index in [0.29, 0.717) is 13.2 Å². The van der Waals surface area contributed by atoms with Crippen LogP contribution in [0.4, 0.5) is 0 Å². The minimum atomic E-state index is -0.185. The van der Waals surface area contributed by atoms with Crippen LogP contribution in [0.1, 0.15) is 37.8 Å². The summed E-state index contributed by atoms with van der Waals surface area (Å²) < 4.78 is 5.43. The second kappa shape index (κ2) is 9.22. The van der Waals surface area contributed by atoms with E-state index >= 15 is 0 Å². The molecule has 1 aromatic rings. The van der Waals surface area contributed by atoms with Crippen molar-refractivity contribution < 1.29 is 14.3 Å². The summed E-state index contributed by atoms with van der Waals surface area (Å²) in [7, 11) is 0. The predicted octanol–water partition coefficient (Wildman–Crippen LogP) is 2.00. The van der Waals surface area contributed by atoms with Gasteiger partial charge in [0, 0.05) is 19.6 Å². The first kappa shape index (κ1) is 19.0. The fourth-order valence-electron chi connectivity index (χ4n) is 2.41. The van der Waals surface area contributed by atoms with Crippen molar-refractivity contribution in [3.63, 3.8) is 0 Å². The predicted molar refractivity (Wildman–Crippen MR) is 97.3 cm³/mol. The van der Waals surface area contributed by atoms with Crippen molar-refractivity contribution >= 4 is 17.5 Å². The van der Waals surface area contributed by atoms with Crippen LogP contribution in [0, 0.1) is 6.92 Å². The average molecular weight is 345 g/mol. The molecule has 0 aromatic heterocycles. The first-order valence-electron chi connectivity index (χ1n) is 8.68. The summed E-state index contributed by atoms with van der Waals surface area (Å²) in [5, 5.41) is 4.18. The SMILES string of the molecule is Cc1ccc(C2=CCC(=O)N(CC(=O)NCCCOC(C)C)N2)cc1. The molecule has 6 heteroatoms. The highest BCUT2D eigenvalue weighted by Crippen LogP contribution is 2.17. The number of benzene rings is 1. The molecule has 0 saturated heterocycles. The molecular weight excluding hydrogens is 318 g/mol. The third kappa shape index (κ3) is 6.23. The molecule has 0 spiro atoms. The van der Waals surface area contributed by atoms with E-state index in [1.54, 1.807) is 0 Å². The number of carbonyl (C=O) groups excluding carboxylic acids is 2. The van der Waals surface area contributed by atoms with E-state index in [1.807, 2.05) is 51.1 Å². The second-order valence-corrected chi connectivity index (χ2v) is 6.40. The number of aryl methyl sites for hydroxylation is 1. The van der Waals surface area contributed by atoms with Crippen LogP contribution in [-0.2, 0) is 14.3 Å². The normalized spacial score (nSPS) is 14.3. The molecule has 1 aliphatic heterocycles. The number of carbonyl (C=O) groups is 2. The highest BCUT2D eigenvalue weighted by atomic mass is 16.5. The van der Waals surface area contributed by atoms with Gasteiger partial charge in [-0.25, -0.2) is 5.01 Å². The number of hydrogen-bond acceptors (Lipinski definition) is 4. The minimum absolute atomic E-state index is 0.00687. The molecule has 0 saturated carbocycles. The van der Waals surface area contributed by atoms with Crippen molar-refractivity contribution in [1.82, 2.24) is 15.8 Å². The molecule has 0 unspecified atom stereocenters. The number of hydrogen-bond donors (Lipinski definition) is 2. The largest absolute Gasteiger partial charge is 0.379 e. The van der Waals surface area contributed by atoms with Crippen LogP contribution in [0.2, 0.25) is 0 Å². The van der Waals surface area contributed by atoms with Crippen LogP contribution in [0.15, 0.2) is 30.3 Å². The molecular formula is C19H27N3O3.